The minimum atomic E-state index is -0.259. The number of benzene rings is 1. The van der Waals surface area contributed by atoms with E-state index in [1.807, 2.05) is 0 Å². The predicted octanol–water partition coefficient (Wildman–Crippen LogP) is 2.92. The molecule has 3 nitrogen and oxygen atoms in total. The van der Waals surface area contributed by atoms with Gasteiger partial charge in [-0.05, 0) is 36.5 Å². The summed E-state index contributed by atoms with van der Waals surface area (Å²) in [6, 6.07) is 6.90. The molecule has 1 saturated carbocycles. The second-order valence-corrected chi connectivity index (χ2v) is 4.96. The van der Waals surface area contributed by atoms with Crippen molar-refractivity contribution in [2.24, 2.45) is 5.92 Å². The summed E-state index contributed by atoms with van der Waals surface area (Å²) in [5, 5.41) is 8.92. The van der Waals surface area contributed by atoms with Crippen LogP contribution in [0.15, 0.2) is 24.3 Å². The summed E-state index contributed by atoms with van der Waals surface area (Å²) in [6.07, 6.45) is 6.18. The van der Waals surface area contributed by atoms with E-state index in [0.29, 0.717) is 18.1 Å². The van der Waals surface area contributed by atoms with Crippen molar-refractivity contribution in [3.63, 3.8) is 0 Å². The zero-order chi connectivity index (χ0) is 12.8. The fourth-order valence-electron chi connectivity index (χ4n) is 2.38. The number of carbonyl (C=O) groups is 1. The molecule has 1 aromatic rings. The summed E-state index contributed by atoms with van der Waals surface area (Å²) in [5.41, 5.74) is 1.36. The van der Waals surface area contributed by atoms with Gasteiger partial charge in [0.25, 0.3) is 0 Å². The van der Waals surface area contributed by atoms with Gasteiger partial charge in [0.05, 0.1) is 18.8 Å². The number of aliphatic hydroxyl groups excluding tert-OH is 1. The molecule has 1 N–H and O–H groups in total. The molecule has 3 heteroatoms. The molecule has 0 radical (unpaired) electrons. The highest BCUT2D eigenvalue weighted by atomic mass is 16.5. The van der Waals surface area contributed by atoms with Gasteiger partial charge in [-0.2, -0.15) is 0 Å². The first kappa shape index (κ1) is 13.1. The highest BCUT2D eigenvalue weighted by molar-refractivity contribution is 5.89. The normalized spacial score (nSPS) is 16.5. The van der Waals surface area contributed by atoms with Crippen LogP contribution in [0.1, 0.15) is 48.0 Å². The Hall–Kier alpha value is -1.35. The van der Waals surface area contributed by atoms with Crippen LogP contribution in [-0.2, 0) is 11.3 Å². The van der Waals surface area contributed by atoms with Gasteiger partial charge in [-0.1, -0.05) is 31.4 Å². The van der Waals surface area contributed by atoms with E-state index in [0.717, 1.165) is 5.56 Å². The molecule has 0 amide bonds. The second kappa shape index (κ2) is 6.55. The van der Waals surface area contributed by atoms with Crippen molar-refractivity contribution in [1.82, 2.24) is 0 Å². The summed E-state index contributed by atoms with van der Waals surface area (Å²) >= 11 is 0. The predicted molar refractivity (Wildman–Crippen MR) is 69.2 cm³/mol. The Bertz CT molecular complexity index is 377. The summed E-state index contributed by atoms with van der Waals surface area (Å²) in [4.78, 5) is 11.8. The molecule has 0 bridgehead atoms. The molecule has 1 fully saturated rings. The number of hydrogen-bond acceptors (Lipinski definition) is 3. The van der Waals surface area contributed by atoms with Gasteiger partial charge in [-0.25, -0.2) is 4.79 Å². The third kappa shape index (κ3) is 3.57. The molecule has 0 atom stereocenters. The van der Waals surface area contributed by atoms with Crippen LogP contribution in [0.2, 0.25) is 0 Å². The minimum absolute atomic E-state index is 0.00258. The zero-order valence-electron chi connectivity index (χ0n) is 10.6. The third-order valence-electron chi connectivity index (χ3n) is 3.55. The molecule has 1 aromatic carbocycles. The van der Waals surface area contributed by atoms with E-state index < -0.39 is 0 Å². The van der Waals surface area contributed by atoms with Crippen LogP contribution in [0.5, 0.6) is 0 Å². The van der Waals surface area contributed by atoms with Crippen molar-refractivity contribution in [2.75, 3.05) is 6.61 Å². The van der Waals surface area contributed by atoms with E-state index in [2.05, 4.69) is 0 Å². The van der Waals surface area contributed by atoms with Crippen LogP contribution in [0.3, 0.4) is 0 Å². The van der Waals surface area contributed by atoms with Gasteiger partial charge >= 0.3 is 5.97 Å². The molecule has 0 heterocycles. The SMILES string of the molecule is O=C(OCC1CCCCC1)c1ccc(CO)cc1. The Balaban J connectivity index is 1.82. The van der Waals surface area contributed by atoms with Crippen LogP contribution in [0.4, 0.5) is 0 Å². The maximum atomic E-state index is 11.8. The zero-order valence-corrected chi connectivity index (χ0v) is 10.6. The first-order valence-electron chi connectivity index (χ1n) is 6.66. The van der Waals surface area contributed by atoms with Crippen molar-refractivity contribution in [3.05, 3.63) is 35.4 Å². The molecule has 0 saturated heterocycles. The van der Waals surface area contributed by atoms with Crippen molar-refractivity contribution in [2.45, 2.75) is 38.7 Å². The lowest BCUT2D eigenvalue weighted by atomic mass is 9.90. The first-order valence-corrected chi connectivity index (χ1v) is 6.66. The van der Waals surface area contributed by atoms with Gasteiger partial charge in [-0.15, -0.1) is 0 Å². The molecule has 0 spiro atoms. The lowest BCUT2D eigenvalue weighted by Crippen LogP contribution is -2.16. The van der Waals surface area contributed by atoms with Gasteiger partial charge in [0.1, 0.15) is 0 Å². The highest BCUT2D eigenvalue weighted by Crippen LogP contribution is 2.24. The molecule has 0 aromatic heterocycles. The van der Waals surface area contributed by atoms with Crippen molar-refractivity contribution in [3.8, 4) is 0 Å². The number of ether oxygens (including phenoxy) is 1. The van der Waals surface area contributed by atoms with Crippen LogP contribution in [-0.4, -0.2) is 17.7 Å². The standard InChI is InChI=1S/C15H20O3/c16-10-12-6-8-14(9-7-12)15(17)18-11-13-4-2-1-3-5-13/h6-9,13,16H,1-5,10-11H2. The quantitative estimate of drug-likeness (QED) is 0.833. The van der Waals surface area contributed by atoms with E-state index in [4.69, 9.17) is 9.84 Å². The minimum Gasteiger partial charge on any atom is -0.462 e. The molecule has 98 valence electrons. The average molecular weight is 248 g/mol. The van der Waals surface area contributed by atoms with Gasteiger partial charge in [0.15, 0.2) is 0 Å². The van der Waals surface area contributed by atoms with E-state index >= 15 is 0 Å². The fourth-order valence-corrected chi connectivity index (χ4v) is 2.38. The molecular formula is C15H20O3. The van der Waals surface area contributed by atoms with E-state index in [-0.39, 0.29) is 12.6 Å². The van der Waals surface area contributed by atoms with Crippen LogP contribution < -0.4 is 0 Å². The lowest BCUT2D eigenvalue weighted by Gasteiger charge is -2.21. The van der Waals surface area contributed by atoms with Gasteiger partial charge < -0.3 is 9.84 Å². The fraction of sp³-hybridized carbons (Fsp3) is 0.533. The second-order valence-electron chi connectivity index (χ2n) is 4.96. The van der Waals surface area contributed by atoms with Crippen molar-refractivity contribution in [1.29, 1.82) is 0 Å². The topological polar surface area (TPSA) is 46.5 Å². The molecule has 18 heavy (non-hydrogen) atoms. The largest absolute Gasteiger partial charge is 0.462 e. The Labute approximate surface area is 108 Å². The summed E-state index contributed by atoms with van der Waals surface area (Å²) < 4.78 is 5.34. The number of hydrogen-bond donors (Lipinski definition) is 1. The average Bonchev–Trinajstić information content (AvgIpc) is 2.46. The molecule has 0 aliphatic heterocycles. The third-order valence-corrected chi connectivity index (χ3v) is 3.55. The number of carbonyl (C=O) groups excluding carboxylic acids is 1. The molecule has 1 aliphatic rings. The van der Waals surface area contributed by atoms with E-state index in [1.54, 1.807) is 24.3 Å². The molecule has 0 unspecified atom stereocenters. The van der Waals surface area contributed by atoms with Crippen molar-refractivity contribution < 1.29 is 14.6 Å². The maximum absolute atomic E-state index is 11.8. The van der Waals surface area contributed by atoms with E-state index in [9.17, 15) is 4.79 Å². The van der Waals surface area contributed by atoms with Gasteiger partial charge in [0.2, 0.25) is 0 Å². The van der Waals surface area contributed by atoms with E-state index in [1.165, 1.54) is 32.1 Å². The molecular weight excluding hydrogens is 228 g/mol. The highest BCUT2D eigenvalue weighted by Gasteiger charge is 2.16. The maximum Gasteiger partial charge on any atom is 0.338 e. The van der Waals surface area contributed by atoms with Crippen LogP contribution in [0.25, 0.3) is 0 Å². The lowest BCUT2D eigenvalue weighted by molar-refractivity contribution is 0.0410. The number of aliphatic hydroxyl groups is 1. The monoisotopic (exact) mass is 248 g/mol. The Morgan fingerprint density at radius 3 is 2.44 bits per heavy atom. The number of esters is 1. The van der Waals surface area contributed by atoms with Crippen molar-refractivity contribution >= 4 is 5.97 Å². The Morgan fingerprint density at radius 1 is 1.17 bits per heavy atom. The summed E-state index contributed by atoms with van der Waals surface area (Å²) in [6.45, 7) is 0.540. The van der Waals surface area contributed by atoms with Gasteiger partial charge in [0, 0.05) is 0 Å². The van der Waals surface area contributed by atoms with Crippen LogP contribution in [0, 0.1) is 5.92 Å². The smallest absolute Gasteiger partial charge is 0.338 e. The van der Waals surface area contributed by atoms with Gasteiger partial charge in [-0.3, -0.25) is 0 Å². The summed E-state index contributed by atoms with van der Waals surface area (Å²) in [7, 11) is 0. The first-order chi connectivity index (χ1) is 8.79. The molecule has 1 aliphatic carbocycles. The molecule has 2 rings (SSSR count). The Morgan fingerprint density at radius 2 is 1.83 bits per heavy atom. The summed E-state index contributed by atoms with van der Waals surface area (Å²) in [5.74, 6) is 0.282. The van der Waals surface area contributed by atoms with Crippen LogP contribution >= 0.6 is 0 Å². The number of rotatable bonds is 4. The Kier molecular flexibility index (Phi) is 4.76.